The lowest BCUT2D eigenvalue weighted by Gasteiger charge is -2.34. The molecule has 0 bridgehead atoms. The van der Waals surface area contributed by atoms with Gasteiger partial charge in [0, 0.05) is 37.7 Å². The maximum atomic E-state index is 10.6. The summed E-state index contributed by atoms with van der Waals surface area (Å²) in [7, 11) is 0. The van der Waals surface area contributed by atoms with Crippen LogP contribution in [-0.2, 0) is 5.11 Å². The van der Waals surface area contributed by atoms with Crippen LogP contribution in [0.15, 0.2) is 0 Å². The summed E-state index contributed by atoms with van der Waals surface area (Å²) in [5, 5.41) is 10.6. The van der Waals surface area contributed by atoms with E-state index in [0.29, 0.717) is 0 Å². The minimum atomic E-state index is 0.121. The number of nitrogens with zero attached hydrogens (tertiary/aromatic N) is 2. The van der Waals surface area contributed by atoms with E-state index in [1.165, 1.54) is 63.6 Å². The first-order chi connectivity index (χ1) is 8.38. The highest BCUT2D eigenvalue weighted by Crippen LogP contribution is 2.20. The zero-order valence-corrected chi connectivity index (χ0v) is 11.6. The molecule has 0 N–H and O–H groups in total. The van der Waals surface area contributed by atoms with Gasteiger partial charge in [-0.05, 0) is 38.3 Å². The van der Waals surface area contributed by atoms with Crippen LogP contribution in [0, 0.1) is 5.92 Å². The Balaban J connectivity index is 1.57. The number of hydrogen-bond acceptors (Lipinski definition) is 3. The van der Waals surface area contributed by atoms with Crippen molar-refractivity contribution >= 4 is 11.8 Å². The van der Waals surface area contributed by atoms with Gasteiger partial charge in [0.05, 0.1) is 6.61 Å². The molecule has 2 heterocycles. The summed E-state index contributed by atoms with van der Waals surface area (Å²) in [5.41, 5.74) is 0. The molecular weight excluding hydrogens is 232 g/mol. The molecule has 0 spiro atoms. The van der Waals surface area contributed by atoms with Crippen LogP contribution < -0.4 is 0 Å². The third kappa shape index (κ3) is 4.78. The molecule has 2 rings (SSSR count). The first kappa shape index (κ1) is 13.7. The summed E-state index contributed by atoms with van der Waals surface area (Å²) in [6, 6.07) is 0. The maximum absolute atomic E-state index is 10.6. The second kappa shape index (κ2) is 7.62. The molecule has 99 valence electrons. The Morgan fingerprint density at radius 1 is 0.941 bits per heavy atom. The van der Waals surface area contributed by atoms with Gasteiger partial charge in [-0.1, -0.05) is 0 Å². The van der Waals surface area contributed by atoms with Gasteiger partial charge in [0.25, 0.3) is 0 Å². The fourth-order valence-electron chi connectivity index (χ4n) is 2.77. The van der Waals surface area contributed by atoms with Crippen molar-refractivity contribution in [3.8, 4) is 0 Å². The quantitative estimate of drug-likeness (QED) is 0.748. The van der Waals surface area contributed by atoms with Gasteiger partial charge in [-0.3, -0.25) is 0 Å². The first-order valence-electron chi connectivity index (χ1n) is 6.99. The highest BCUT2D eigenvalue weighted by Gasteiger charge is 2.19. The highest BCUT2D eigenvalue weighted by atomic mass is 32.2. The Labute approximate surface area is 110 Å². The van der Waals surface area contributed by atoms with E-state index in [1.54, 1.807) is 0 Å². The van der Waals surface area contributed by atoms with E-state index >= 15 is 0 Å². The molecule has 0 aromatic carbocycles. The molecule has 2 aliphatic rings. The van der Waals surface area contributed by atoms with Crippen LogP contribution in [0.25, 0.3) is 0 Å². The van der Waals surface area contributed by atoms with Gasteiger partial charge < -0.3 is 9.80 Å². The molecule has 17 heavy (non-hydrogen) atoms. The number of thioether (sulfide) groups is 1. The molecule has 0 saturated carbocycles. The van der Waals surface area contributed by atoms with E-state index < -0.39 is 0 Å². The van der Waals surface area contributed by atoms with Crippen LogP contribution in [0.3, 0.4) is 0 Å². The normalized spacial score (nSPS) is 25.2. The zero-order chi connectivity index (χ0) is 11.9. The van der Waals surface area contributed by atoms with Crippen molar-refractivity contribution in [1.82, 2.24) is 9.80 Å². The van der Waals surface area contributed by atoms with Gasteiger partial charge in [0.2, 0.25) is 0 Å². The van der Waals surface area contributed by atoms with E-state index in [1.807, 2.05) is 0 Å². The van der Waals surface area contributed by atoms with Gasteiger partial charge in [-0.2, -0.15) is 11.8 Å². The second-order valence-corrected chi connectivity index (χ2v) is 6.46. The van der Waals surface area contributed by atoms with Gasteiger partial charge in [-0.25, -0.2) is 5.11 Å². The van der Waals surface area contributed by atoms with Crippen molar-refractivity contribution in [3.63, 3.8) is 0 Å². The summed E-state index contributed by atoms with van der Waals surface area (Å²) >= 11 is 2.08. The van der Waals surface area contributed by atoms with Crippen molar-refractivity contribution in [2.45, 2.75) is 19.3 Å². The molecule has 0 unspecified atom stereocenters. The molecule has 4 heteroatoms. The Hall–Kier alpha value is 0.230. The summed E-state index contributed by atoms with van der Waals surface area (Å²) in [6.45, 7) is 7.58. The largest absolute Gasteiger partial charge is 0.302 e. The van der Waals surface area contributed by atoms with E-state index in [2.05, 4.69) is 21.6 Å². The summed E-state index contributed by atoms with van der Waals surface area (Å²) in [4.78, 5) is 5.18. The lowest BCUT2D eigenvalue weighted by molar-refractivity contribution is 0.122. The van der Waals surface area contributed by atoms with Crippen molar-refractivity contribution < 1.29 is 5.11 Å². The van der Waals surface area contributed by atoms with E-state index in [0.717, 1.165) is 12.3 Å². The molecular formula is C13H25N2OS. The third-order valence-corrected chi connectivity index (χ3v) is 5.01. The van der Waals surface area contributed by atoms with Crippen LogP contribution in [0.2, 0.25) is 0 Å². The highest BCUT2D eigenvalue weighted by molar-refractivity contribution is 7.99. The summed E-state index contributed by atoms with van der Waals surface area (Å²) < 4.78 is 0. The van der Waals surface area contributed by atoms with Crippen LogP contribution in [0.4, 0.5) is 0 Å². The number of piperidine rings is 1. The summed E-state index contributed by atoms with van der Waals surface area (Å²) in [5.74, 6) is 3.34. The van der Waals surface area contributed by atoms with Crippen molar-refractivity contribution in [2.24, 2.45) is 5.92 Å². The van der Waals surface area contributed by atoms with E-state index in [-0.39, 0.29) is 6.61 Å². The van der Waals surface area contributed by atoms with Gasteiger partial charge in [-0.15, -0.1) is 0 Å². The Morgan fingerprint density at radius 2 is 1.53 bits per heavy atom. The molecule has 0 aromatic heterocycles. The molecule has 0 amide bonds. The predicted octanol–water partition coefficient (Wildman–Crippen LogP) is 1.57. The fourth-order valence-corrected chi connectivity index (χ4v) is 3.75. The Kier molecular flexibility index (Phi) is 6.12. The minimum absolute atomic E-state index is 0.121. The van der Waals surface area contributed by atoms with Crippen molar-refractivity contribution in [2.75, 3.05) is 57.4 Å². The lowest BCUT2D eigenvalue weighted by atomic mass is 9.94. The zero-order valence-electron chi connectivity index (χ0n) is 10.8. The molecule has 3 nitrogen and oxygen atoms in total. The fraction of sp³-hybridized carbons (Fsp3) is 1.00. The van der Waals surface area contributed by atoms with E-state index in [4.69, 9.17) is 0 Å². The molecule has 2 fully saturated rings. The maximum Gasteiger partial charge on any atom is 0.0825 e. The molecule has 0 aliphatic carbocycles. The van der Waals surface area contributed by atoms with Crippen LogP contribution in [0.1, 0.15) is 19.3 Å². The molecule has 2 aliphatic heterocycles. The van der Waals surface area contributed by atoms with Gasteiger partial charge in [0.15, 0.2) is 0 Å². The summed E-state index contributed by atoms with van der Waals surface area (Å²) in [6.07, 6.45) is 3.40. The molecule has 0 aromatic rings. The monoisotopic (exact) mass is 257 g/mol. The average molecular weight is 257 g/mol. The number of hydrogen-bond donors (Lipinski definition) is 0. The Bertz CT molecular complexity index is 202. The Morgan fingerprint density at radius 3 is 2.12 bits per heavy atom. The lowest BCUT2D eigenvalue weighted by Crippen LogP contribution is -2.42. The number of rotatable bonds is 5. The van der Waals surface area contributed by atoms with Crippen LogP contribution in [0.5, 0.6) is 0 Å². The standard InChI is InChI=1S/C13H25N2OS/c16-10-3-13-1-4-14(5-2-13)6-7-15-8-11-17-12-9-15/h13H,1-12H2. The number of likely N-dealkylation sites (tertiary alicyclic amines) is 1. The van der Waals surface area contributed by atoms with Gasteiger partial charge in [0.1, 0.15) is 0 Å². The smallest absolute Gasteiger partial charge is 0.0825 e. The average Bonchev–Trinajstić information content (AvgIpc) is 2.40. The predicted molar refractivity (Wildman–Crippen MR) is 73.1 cm³/mol. The third-order valence-electron chi connectivity index (χ3n) is 4.07. The van der Waals surface area contributed by atoms with Crippen LogP contribution in [-0.4, -0.2) is 67.2 Å². The first-order valence-corrected chi connectivity index (χ1v) is 8.14. The molecule has 1 radical (unpaired) electrons. The second-order valence-electron chi connectivity index (χ2n) is 5.23. The van der Waals surface area contributed by atoms with Crippen molar-refractivity contribution in [3.05, 3.63) is 0 Å². The topological polar surface area (TPSA) is 26.4 Å². The molecule has 0 atom stereocenters. The molecule has 2 saturated heterocycles. The van der Waals surface area contributed by atoms with Crippen molar-refractivity contribution in [1.29, 1.82) is 0 Å². The SMILES string of the molecule is [O]CCC1CCN(CCN2CCSCC2)CC1. The van der Waals surface area contributed by atoms with Crippen LogP contribution >= 0.6 is 11.8 Å². The van der Waals surface area contributed by atoms with Gasteiger partial charge >= 0.3 is 0 Å². The van der Waals surface area contributed by atoms with E-state index in [9.17, 15) is 5.11 Å². The minimum Gasteiger partial charge on any atom is -0.302 e.